The molecule has 0 spiro atoms. The van der Waals surface area contributed by atoms with Gasteiger partial charge in [0.1, 0.15) is 4.21 Å². The molecular formula is C13H22N2O2S3. The fraction of sp³-hybridized carbons (Fsp3) is 0.692. The lowest BCUT2D eigenvalue weighted by atomic mass is 10.3. The third-order valence-corrected chi connectivity index (χ3v) is 7.61. The molecular weight excluding hydrogens is 312 g/mol. The van der Waals surface area contributed by atoms with E-state index in [9.17, 15) is 8.42 Å². The SMILES string of the molecule is CC(C)NCc1csc(S(=O)(=O)N2CCSC(C)C2)c1. The predicted molar refractivity (Wildman–Crippen MR) is 87.0 cm³/mol. The highest BCUT2D eigenvalue weighted by atomic mass is 32.2. The lowest BCUT2D eigenvalue weighted by Gasteiger charge is -2.29. The van der Waals surface area contributed by atoms with Gasteiger partial charge in [0.05, 0.1) is 0 Å². The molecule has 1 aromatic rings. The molecule has 1 fully saturated rings. The molecule has 1 aliphatic rings. The number of nitrogens with zero attached hydrogens (tertiary/aromatic N) is 1. The normalized spacial score (nSPS) is 21.5. The molecule has 20 heavy (non-hydrogen) atoms. The van der Waals surface area contributed by atoms with Crippen molar-refractivity contribution in [2.24, 2.45) is 0 Å². The second kappa shape index (κ2) is 6.79. The highest BCUT2D eigenvalue weighted by molar-refractivity contribution is 8.00. The molecule has 0 amide bonds. The summed E-state index contributed by atoms with van der Waals surface area (Å²) < 4.78 is 27.3. The van der Waals surface area contributed by atoms with Crippen molar-refractivity contribution in [1.82, 2.24) is 9.62 Å². The zero-order chi connectivity index (χ0) is 14.8. The minimum absolute atomic E-state index is 0.376. The van der Waals surface area contributed by atoms with Crippen LogP contribution < -0.4 is 5.32 Å². The van der Waals surface area contributed by atoms with Crippen molar-refractivity contribution in [3.8, 4) is 0 Å². The largest absolute Gasteiger partial charge is 0.310 e. The number of hydrogen-bond acceptors (Lipinski definition) is 5. The minimum atomic E-state index is -3.30. The maximum atomic E-state index is 12.6. The van der Waals surface area contributed by atoms with E-state index in [4.69, 9.17) is 0 Å². The van der Waals surface area contributed by atoms with Crippen LogP contribution in [0.2, 0.25) is 0 Å². The van der Waals surface area contributed by atoms with Crippen LogP contribution in [0, 0.1) is 0 Å². The highest BCUT2D eigenvalue weighted by Gasteiger charge is 2.30. The van der Waals surface area contributed by atoms with Gasteiger partial charge in [0.15, 0.2) is 0 Å². The quantitative estimate of drug-likeness (QED) is 0.898. The molecule has 2 rings (SSSR count). The Hall–Kier alpha value is -0.0800. The Bertz CT molecular complexity index is 540. The Labute approximate surface area is 130 Å². The van der Waals surface area contributed by atoms with E-state index < -0.39 is 10.0 Å². The average Bonchev–Trinajstić information content (AvgIpc) is 2.86. The zero-order valence-corrected chi connectivity index (χ0v) is 14.6. The van der Waals surface area contributed by atoms with E-state index in [1.54, 1.807) is 4.31 Å². The third-order valence-electron chi connectivity index (χ3n) is 3.14. The topological polar surface area (TPSA) is 49.4 Å². The number of rotatable bonds is 5. The molecule has 0 aliphatic carbocycles. The molecule has 1 N–H and O–H groups in total. The maximum Gasteiger partial charge on any atom is 0.252 e. The summed E-state index contributed by atoms with van der Waals surface area (Å²) in [5.74, 6) is 0.882. The van der Waals surface area contributed by atoms with Gasteiger partial charge < -0.3 is 5.32 Å². The van der Waals surface area contributed by atoms with Crippen molar-refractivity contribution in [2.75, 3.05) is 18.8 Å². The number of sulfonamides is 1. The Balaban J connectivity index is 2.09. The monoisotopic (exact) mass is 334 g/mol. The molecule has 1 aromatic heterocycles. The van der Waals surface area contributed by atoms with Crippen LogP contribution >= 0.6 is 23.1 Å². The van der Waals surface area contributed by atoms with Gasteiger partial charge in [-0.1, -0.05) is 20.8 Å². The molecule has 7 heteroatoms. The van der Waals surface area contributed by atoms with Gasteiger partial charge in [-0.3, -0.25) is 0 Å². The molecule has 0 bridgehead atoms. The van der Waals surface area contributed by atoms with Crippen LogP contribution in [0.5, 0.6) is 0 Å². The van der Waals surface area contributed by atoms with Crippen LogP contribution in [0.15, 0.2) is 15.7 Å². The molecule has 1 unspecified atom stereocenters. The van der Waals surface area contributed by atoms with E-state index >= 15 is 0 Å². The average molecular weight is 335 g/mol. The van der Waals surface area contributed by atoms with E-state index in [0.29, 0.717) is 28.6 Å². The van der Waals surface area contributed by atoms with Crippen molar-refractivity contribution in [1.29, 1.82) is 0 Å². The minimum Gasteiger partial charge on any atom is -0.310 e. The van der Waals surface area contributed by atoms with Gasteiger partial charge in [-0.25, -0.2) is 8.42 Å². The molecule has 114 valence electrons. The summed E-state index contributed by atoms with van der Waals surface area (Å²) in [6, 6.07) is 2.21. The van der Waals surface area contributed by atoms with E-state index in [1.165, 1.54) is 11.3 Å². The van der Waals surface area contributed by atoms with Gasteiger partial charge in [0.25, 0.3) is 10.0 Å². The van der Waals surface area contributed by atoms with Gasteiger partial charge >= 0.3 is 0 Å². The predicted octanol–water partition coefficient (Wildman–Crippen LogP) is 2.37. The van der Waals surface area contributed by atoms with Crippen LogP contribution in [0.3, 0.4) is 0 Å². The molecule has 1 saturated heterocycles. The molecule has 1 aliphatic heterocycles. The standard InChI is InChI=1S/C13H22N2O2S3/c1-10(2)14-7-12-6-13(19-9-12)20(16,17)15-4-5-18-11(3)8-15/h6,9-11,14H,4-5,7-8H2,1-3H3. The zero-order valence-electron chi connectivity index (χ0n) is 12.1. The fourth-order valence-electron chi connectivity index (χ4n) is 2.04. The van der Waals surface area contributed by atoms with Crippen molar-refractivity contribution < 1.29 is 8.42 Å². The summed E-state index contributed by atoms with van der Waals surface area (Å²) in [6.07, 6.45) is 0. The molecule has 0 saturated carbocycles. The van der Waals surface area contributed by atoms with E-state index in [-0.39, 0.29) is 0 Å². The third kappa shape index (κ3) is 3.98. The first-order valence-corrected chi connectivity index (χ1v) is 10.2. The van der Waals surface area contributed by atoms with Crippen molar-refractivity contribution >= 4 is 33.1 Å². The van der Waals surface area contributed by atoms with Crippen LogP contribution in [0.4, 0.5) is 0 Å². The second-order valence-electron chi connectivity index (χ2n) is 5.35. The molecule has 1 atom stereocenters. The number of hydrogen-bond donors (Lipinski definition) is 1. The lowest BCUT2D eigenvalue weighted by Crippen LogP contribution is -2.40. The van der Waals surface area contributed by atoms with Crippen molar-refractivity contribution in [3.63, 3.8) is 0 Å². The van der Waals surface area contributed by atoms with E-state index in [2.05, 4.69) is 26.1 Å². The van der Waals surface area contributed by atoms with Crippen molar-refractivity contribution in [3.05, 3.63) is 17.0 Å². The van der Waals surface area contributed by atoms with Crippen LogP contribution in [0.25, 0.3) is 0 Å². The lowest BCUT2D eigenvalue weighted by molar-refractivity contribution is 0.425. The van der Waals surface area contributed by atoms with Gasteiger partial charge in [-0.05, 0) is 17.0 Å². The Morgan fingerprint density at radius 3 is 2.90 bits per heavy atom. The maximum absolute atomic E-state index is 12.6. The first-order chi connectivity index (χ1) is 9.39. The van der Waals surface area contributed by atoms with Crippen LogP contribution in [-0.4, -0.2) is 42.9 Å². The second-order valence-corrected chi connectivity index (χ2v) is 9.98. The van der Waals surface area contributed by atoms with E-state index in [0.717, 1.165) is 17.9 Å². The van der Waals surface area contributed by atoms with Crippen LogP contribution in [0.1, 0.15) is 26.3 Å². The summed E-state index contributed by atoms with van der Waals surface area (Å²) in [6.45, 7) is 8.20. The number of thiophene rings is 1. The Morgan fingerprint density at radius 1 is 1.50 bits per heavy atom. The van der Waals surface area contributed by atoms with Gasteiger partial charge in [-0.2, -0.15) is 16.1 Å². The number of nitrogens with one attached hydrogen (secondary N) is 1. The van der Waals surface area contributed by atoms with Crippen LogP contribution in [-0.2, 0) is 16.6 Å². The van der Waals surface area contributed by atoms with Gasteiger partial charge in [-0.15, -0.1) is 11.3 Å². The smallest absolute Gasteiger partial charge is 0.252 e. The van der Waals surface area contributed by atoms with Gasteiger partial charge in [0.2, 0.25) is 0 Å². The summed E-state index contributed by atoms with van der Waals surface area (Å²) in [4.78, 5) is 0. The Morgan fingerprint density at radius 2 is 2.25 bits per heavy atom. The van der Waals surface area contributed by atoms with Crippen molar-refractivity contribution in [2.45, 2.75) is 42.8 Å². The van der Waals surface area contributed by atoms with Gasteiger partial charge in [0, 0.05) is 36.7 Å². The molecule has 2 heterocycles. The first kappa shape index (κ1) is 16.3. The summed E-state index contributed by atoms with van der Waals surface area (Å²) in [7, 11) is -3.30. The molecule has 0 aromatic carbocycles. The molecule has 4 nitrogen and oxygen atoms in total. The Kier molecular flexibility index (Phi) is 5.53. The highest BCUT2D eigenvalue weighted by Crippen LogP contribution is 2.28. The van der Waals surface area contributed by atoms with E-state index in [1.807, 2.05) is 23.2 Å². The summed E-state index contributed by atoms with van der Waals surface area (Å²) in [5.41, 5.74) is 1.04. The summed E-state index contributed by atoms with van der Waals surface area (Å²) >= 11 is 3.16. The number of thioether (sulfide) groups is 1. The molecule has 0 radical (unpaired) electrons. The first-order valence-electron chi connectivity index (χ1n) is 6.82. The summed E-state index contributed by atoms with van der Waals surface area (Å²) in [5, 5.41) is 5.62. The fourth-order valence-corrected chi connectivity index (χ4v) is 6.15.